The number of nitrogens with zero attached hydrogens (tertiary/aromatic N) is 5. The number of hydrogen-bond acceptors (Lipinski definition) is 5. The van der Waals surface area contributed by atoms with Crippen molar-refractivity contribution < 1.29 is 9.41 Å². The molecule has 1 aromatic rings. The van der Waals surface area contributed by atoms with Gasteiger partial charge in [0.05, 0.1) is 30.5 Å². The second kappa shape index (κ2) is 4.23. The Labute approximate surface area is 117 Å². The van der Waals surface area contributed by atoms with Crippen molar-refractivity contribution in [3.63, 3.8) is 0 Å². The molecule has 0 saturated carbocycles. The predicted molar refractivity (Wildman–Crippen MR) is 71.8 cm³/mol. The lowest BCUT2D eigenvalue weighted by Gasteiger charge is -2.60. The molecule has 0 radical (unpaired) electrons. The summed E-state index contributed by atoms with van der Waals surface area (Å²) in [6.45, 7) is 6.84. The van der Waals surface area contributed by atoms with Gasteiger partial charge in [0.15, 0.2) is 0 Å². The van der Waals surface area contributed by atoms with E-state index in [-0.39, 0.29) is 10.6 Å². The van der Waals surface area contributed by atoms with Crippen LogP contribution in [0, 0.1) is 10.1 Å². The summed E-state index contributed by atoms with van der Waals surface area (Å²) in [6.07, 6.45) is 0. The van der Waals surface area contributed by atoms with Gasteiger partial charge < -0.3 is 0 Å². The maximum atomic E-state index is 11.2. The first-order chi connectivity index (χ1) is 9.63. The molecule has 7 heteroatoms. The van der Waals surface area contributed by atoms with Crippen LogP contribution in [0.25, 0.3) is 0 Å². The van der Waals surface area contributed by atoms with E-state index in [2.05, 4.69) is 14.7 Å². The molecule has 7 nitrogen and oxygen atoms in total. The number of para-hydroxylation sites is 1. The van der Waals surface area contributed by atoms with Crippen molar-refractivity contribution in [3.8, 4) is 0 Å². The zero-order valence-electron chi connectivity index (χ0n) is 11.3. The van der Waals surface area contributed by atoms with Crippen molar-refractivity contribution in [3.05, 3.63) is 39.9 Å². The van der Waals surface area contributed by atoms with Gasteiger partial charge in [-0.1, -0.05) is 12.1 Å². The van der Waals surface area contributed by atoms with E-state index < -0.39 is 0 Å². The first kappa shape index (κ1) is 12.2. The van der Waals surface area contributed by atoms with Crippen LogP contribution >= 0.6 is 0 Å². The average Bonchev–Trinajstić information content (AvgIpc) is 2.36. The van der Waals surface area contributed by atoms with Gasteiger partial charge >= 0.3 is 0 Å². The third-order valence-corrected chi connectivity index (χ3v) is 4.39. The minimum atomic E-state index is -0.263. The Balaban J connectivity index is 1.64. The summed E-state index contributed by atoms with van der Waals surface area (Å²) in [7, 11) is 0. The normalized spacial score (nSPS) is 38.1. The number of nitro groups is 1. The maximum Gasteiger partial charge on any atom is 0.278 e. The highest BCUT2D eigenvalue weighted by atomic mass is 16.6. The fourth-order valence-corrected chi connectivity index (χ4v) is 3.99. The molecule has 4 bridgehead atoms. The molecule has 0 spiro atoms. The molecule has 4 saturated heterocycles. The number of hydrogen-bond donors (Lipinski definition) is 0. The van der Waals surface area contributed by atoms with E-state index in [1.54, 1.807) is 12.1 Å². The second-order valence-corrected chi connectivity index (χ2v) is 6.25. The van der Waals surface area contributed by atoms with Gasteiger partial charge in [-0.15, -0.1) is 0 Å². The Morgan fingerprint density at radius 1 is 1.05 bits per heavy atom. The lowest BCUT2D eigenvalue weighted by atomic mass is 10.1. The lowest BCUT2D eigenvalue weighted by molar-refractivity contribution is -0.991. The first-order valence-corrected chi connectivity index (χ1v) is 6.88. The number of nitro benzene ring substituents is 1. The summed E-state index contributed by atoms with van der Waals surface area (Å²) in [5, 5.41) is 11.2. The van der Waals surface area contributed by atoms with Crippen LogP contribution in [0.1, 0.15) is 5.56 Å². The van der Waals surface area contributed by atoms with Crippen molar-refractivity contribution >= 4 is 5.69 Å². The van der Waals surface area contributed by atoms with Crippen LogP contribution in [0.3, 0.4) is 0 Å². The molecule has 0 aromatic heterocycles. The largest absolute Gasteiger partial charge is 0.282 e. The van der Waals surface area contributed by atoms with Gasteiger partial charge in [0, 0.05) is 6.07 Å². The molecular formula is C13H18N5O2+. The zero-order chi connectivity index (χ0) is 13.7. The van der Waals surface area contributed by atoms with E-state index in [0.717, 1.165) is 56.6 Å². The third-order valence-electron chi connectivity index (χ3n) is 4.39. The van der Waals surface area contributed by atoms with Crippen LogP contribution in [0.4, 0.5) is 5.69 Å². The molecule has 0 unspecified atom stereocenters. The van der Waals surface area contributed by atoms with Gasteiger partial charge in [-0.3, -0.25) is 14.6 Å². The lowest BCUT2D eigenvalue weighted by Crippen LogP contribution is -2.78. The van der Waals surface area contributed by atoms with Crippen molar-refractivity contribution in [2.75, 3.05) is 40.0 Å². The van der Waals surface area contributed by atoms with E-state index in [1.165, 1.54) is 0 Å². The number of benzene rings is 1. The van der Waals surface area contributed by atoms with Crippen LogP contribution in [-0.2, 0) is 6.54 Å². The summed E-state index contributed by atoms with van der Waals surface area (Å²) in [5.41, 5.74) is 1.10. The first-order valence-electron chi connectivity index (χ1n) is 6.88. The van der Waals surface area contributed by atoms with Crippen LogP contribution in [0.5, 0.6) is 0 Å². The number of rotatable bonds is 3. The Morgan fingerprint density at radius 2 is 1.60 bits per heavy atom. The van der Waals surface area contributed by atoms with E-state index in [4.69, 9.17) is 0 Å². The van der Waals surface area contributed by atoms with Crippen LogP contribution in [0.15, 0.2) is 24.3 Å². The van der Waals surface area contributed by atoms with Gasteiger partial charge in [-0.25, -0.2) is 14.7 Å². The van der Waals surface area contributed by atoms with Crippen LogP contribution in [0.2, 0.25) is 0 Å². The summed E-state index contributed by atoms with van der Waals surface area (Å²) < 4.78 is 0.894. The molecule has 5 rings (SSSR count). The minimum absolute atomic E-state index is 0.251. The molecule has 4 aliphatic rings. The standard InChI is InChI=1S/C13H18N5O2/c19-17(20)13-4-2-1-3-12(13)5-18-9-14-6-15(10-18)8-16(7-14)11-18/h1-4H,5-11H2/q+1. The molecule has 0 amide bonds. The summed E-state index contributed by atoms with van der Waals surface area (Å²) >= 11 is 0. The van der Waals surface area contributed by atoms with E-state index in [9.17, 15) is 10.1 Å². The average molecular weight is 276 g/mol. The fourth-order valence-electron chi connectivity index (χ4n) is 3.99. The topological polar surface area (TPSA) is 52.9 Å². The molecule has 0 aliphatic carbocycles. The highest BCUT2D eigenvalue weighted by Gasteiger charge is 2.48. The van der Waals surface area contributed by atoms with Gasteiger partial charge in [0.1, 0.15) is 26.6 Å². The van der Waals surface area contributed by atoms with Crippen LogP contribution in [-0.4, -0.2) is 64.1 Å². The van der Waals surface area contributed by atoms with E-state index in [1.807, 2.05) is 12.1 Å². The highest BCUT2D eigenvalue weighted by molar-refractivity contribution is 5.39. The van der Waals surface area contributed by atoms with Gasteiger partial charge in [-0.05, 0) is 6.07 Å². The molecule has 20 heavy (non-hydrogen) atoms. The molecular weight excluding hydrogens is 258 g/mol. The van der Waals surface area contributed by atoms with Crippen molar-refractivity contribution in [1.29, 1.82) is 0 Å². The van der Waals surface area contributed by atoms with Gasteiger partial charge in [0.25, 0.3) is 5.69 Å². The minimum Gasteiger partial charge on any atom is -0.282 e. The maximum absolute atomic E-state index is 11.2. The number of quaternary nitrogens is 1. The molecule has 4 aliphatic heterocycles. The fraction of sp³-hybridized carbons (Fsp3) is 0.538. The summed E-state index contributed by atoms with van der Waals surface area (Å²) in [6, 6.07) is 7.15. The molecule has 0 atom stereocenters. The monoisotopic (exact) mass is 276 g/mol. The van der Waals surface area contributed by atoms with Crippen molar-refractivity contribution in [2.45, 2.75) is 6.54 Å². The molecule has 106 valence electrons. The summed E-state index contributed by atoms with van der Waals surface area (Å²) in [4.78, 5) is 18.2. The molecule has 1 aromatic carbocycles. The smallest absolute Gasteiger partial charge is 0.278 e. The van der Waals surface area contributed by atoms with Crippen molar-refractivity contribution in [1.82, 2.24) is 14.7 Å². The Morgan fingerprint density at radius 3 is 2.15 bits per heavy atom. The van der Waals surface area contributed by atoms with Gasteiger partial charge in [0.2, 0.25) is 0 Å². The van der Waals surface area contributed by atoms with Gasteiger partial charge in [-0.2, -0.15) is 0 Å². The van der Waals surface area contributed by atoms with E-state index >= 15 is 0 Å². The quantitative estimate of drug-likeness (QED) is 0.460. The SMILES string of the molecule is O=[N+]([O-])c1ccccc1C[N+]12CN3CN(CN(C3)C1)C2. The molecule has 4 fully saturated rings. The zero-order valence-corrected chi connectivity index (χ0v) is 11.3. The highest BCUT2D eigenvalue weighted by Crippen LogP contribution is 2.32. The second-order valence-electron chi connectivity index (χ2n) is 6.25. The molecule has 0 N–H and O–H groups in total. The summed E-state index contributed by atoms with van der Waals surface area (Å²) in [5.74, 6) is 0. The van der Waals surface area contributed by atoms with Crippen molar-refractivity contribution in [2.24, 2.45) is 0 Å². The molecule has 4 heterocycles. The predicted octanol–water partition coefficient (Wildman–Crippen LogP) is 0.603. The third kappa shape index (κ3) is 1.90. The Bertz CT molecular complexity index is 526. The Kier molecular flexibility index (Phi) is 2.58. The Hall–Kier alpha value is -1.54. The van der Waals surface area contributed by atoms with E-state index in [0.29, 0.717) is 0 Å². The van der Waals surface area contributed by atoms with Crippen LogP contribution < -0.4 is 0 Å².